The van der Waals surface area contributed by atoms with Crippen LogP contribution in [0.2, 0.25) is 0 Å². The third-order valence-corrected chi connectivity index (χ3v) is 4.59. The molecule has 1 aliphatic rings. The van der Waals surface area contributed by atoms with Gasteiger partial charge in [0.05, 0.1) is 11.2 Å². The van der Waals surface area contributed by atoms with E-state index in [0.717, 1.165) is 14.7 Å². The van der Waals surface area contributed by atoms with Crippen molar-refractivity contribution < 1.29 is 9.90 Å². The summed E-state index contributed by atoms with van der Waals surface area (Å²) in [7, 11) is 0. The van der Waals surface area contributed by atoms with Crippen LogP contribution in [-0.4, -0.2) is 34.6 Å². The molecule has 1 aliphatic heterocycles. The Bertz CT molecular complexity index is 457. The fraction of sp³-hybridized carbons (Fsp3) is 0.462. The van der Waals surface area contributed by atoms with Crippen LogP contribution >= 0.6 is 22.6 Å². The molecule has 0 bridgehead atoms. The van der Waals surface area contributed by atoms with Crippen LogP contribution in [0.4, 0.5) is 0 Å². The van der Waals surface area contributed by atoms with Gasteiger partial charge in [-0.05, 0) is 54.5 Å². The Hall–Kier alpha value is -0.620. The summed E-state index contributed by atoms with van der Waals surface area (Å²) in [4.78, 5) is 14.1. The number of halogens is 1. The van der Waals surface area contributed by atoms with Gasteiger partial charge in [0.1, 0.15) is 0 Å². The standard InChI is InChI=1S/C13H16INO2/c1-9-4-3-5-10(11(9)14)12(16)15-7-6-13(2,17)8-15/h3-5,17H,6-8H2,1-2H3. The lowest BCUT2D eigenvalue weighted by Crippen LogP contribution is -2.34. The number of amides is 1. The van der Waals surface area contributed by atoms with Gasteiger partial charge in [-0.25, -0.2) is 0 Å². The Morgan fingerprint density at radius 1 is 1.53 bits per heavy atom. The summed E-state index contributed by atoms with van der Waals surface area (Å²) in [5.74, 6) is 0.0240. The van der Waals surface area contributed by atoms with Crippen molar-refractivity contribution in [1.82, 2.24) is 4.90 Å². The number of likely N-dealkylation sites (tertiary alicyclic amines) is 1. The minimum atomic E-state index is -0.731. The van der Waals surface area contributed by atoms with E-state index in [-0.39, 0.29) is 5.91 Å². The third kappa shape index (κ3) is 2.63. The second kappa shape index (κ2) is 4.57. The fourth-order valence-corrected chi connectivity index (χ4v) is 2.69. The van der Waals surface area contributed by atoms with Crippen LogP contribution in [0.1, 0.15) is 29.3 Å². The van der Waals surface area contributed by atoms with Crippen LogP contribution in [0.25, 0.3) is 0 Å². The number of carbonyl (C=O) groups is 1. The van der Waals surface area contributed by atoms with E-state index in [1.165, 1.54) is 0 Å². The molecule has 0 radical (unpaired) electrons. The van der Waals surface area contributed by atoms with Gasteiger partial charge >= 0.3 is 0 Å². The lowest BCUT2D eigenvalue weighted by molar-refractivity contribution is 0.0571. The molecule has 1 aromatic carbocycles. The monoisotopic (exact) mass is 345 g/mol. The Labute approximate surface area is 115 Å². The fourth-order valence-electron chi connectivity index (χ4n) is 2.10. The average molecular weight is 345 g/mol. The number of benzene rings is 1. The van der Waals surface area contributed by atoms with Gasteiger partial charge in [0.25, 0.3) is 5.91 Å². The number of nitrogens with zero attached hydrogens (tertiary/aromatic N) is 1. The second-order valence-corrected chi connectivity index (χ2v) is 5.99. The predicted molar refractivity (Wildman–Crippen MR) is 75.0 cm³/mol. The molecule has 92 valence electrons. The van der Waals surface area contributed by atoms with E-state index in [0.29, 0.717) is 19.5 Å². The first kappa shape index (κ1) is 12.8. The lowest BCUT2D eigenvalue weighted by Gasteiger charge is -2.20. The minimum Gasteiger partial charge on any atom is -0.388 e. The number of β-amino-alcohol motifs (C(OH)–C–C–N with tert-alkyl or cyclic N) is 1. The first-order valence-electron chi connectivity index (χ1n) is 5.67. The number of aliphatic hydroxyl groups is 1. The van der Waals surface area contributed by atoms with E-state index < -0.39 is 5.60 Å². The molecule has 1 atom stereocenters. The van der Waals surface area contributed by atoms with Gasteiger partial charge in [0.15, 0.2) is 0 Å². The number of rotatable bonds is 1. The van der Waals surface area contributed by atoms with E-state index >= 15 is 0 Å². The summed E-state index contributed by atoms with van der Waals surface area (Å²) < 4.78 is 1.00. The van der Waals surface area contributed by atoms with Crippen molar-refractivity contribution >= 4 is 28.5 Å². The molecule has 1 amide bonds. The largest absolute Gasteiger partial charge is 0.388 e. The molecular weight excluding hydrogens is 329 g/mol. The maximum Gasteiger partial charge on any atom is 0.255 e. The molecule has 1 unspecified atom stereocenters. The molecular formula is C13H16INO2. The van der Waals surface area contributed by atoms with Crippen molar-refractivity contribution in [2.24, 2.45) is 0 Å². The summed E-state index contributed by atoms with van der Waals surface area (Å²) in [5.41, 5.74) is 1.12. The first-order chi connectivity index (χ1) is 7.91. The maximum absolute atomic E-state index is 12.3. The zero-order valence-corrected chi connectivity index (χ0v) is 12.2. The SMILES string of the molecule is Cc1cccc(C(=O)N2CCC(C)(O)C2)c1I. The normalized spacial score (nSPS) is 24.1. The molecule has 1 heterocycles. The zero-order valence-electron chi connectivity index (χ0n) is 10.0. The highest BCUT2D eigenvalue weighted by molar-refractivity contribution is 14.1. The van der Waals surface area contributed by atoms with Crippen molar-refractivity contribution in [3.63, 3.8) is 0 Å². The molecule has 4 heteroatoms. The van der Waals surface area contributed by atoms with Crippen LogP contribution in [0.5, 0.6) is 0 Å². The van der Waals surface area contributed by atoms with E-state index in [4.69, 9.17) is 0 Å². The van der Waals surface area contributed by atoms with Crippen LogP contribution in [-0.2, 0) is 0 Å². The zero-order chi connectivity index (χ0) is 12.6. The topological polar surface area (TPSA) is 40.5 Å². The summed E-state index contributed by atoms with van der Waals surface area (Å²) >= 11 is 2.21. The Morgan fingerprint density at radius 3 is 2.82 bits per heavy atom. The Morgan fingerprint density at radius 2 is 2.24 bits per heavy atom. The molecule has 3 nitrogen and oxygen atoms in total. The minimum absolute atomic E-state index is 0.0240. The van der Waals surface area contributed by atoms with E-state index in [2.05, 4.69) is 22.6 Å². The summed E-state index contributed by atoms with van der Waals surface area (Å²) in [6.45, 7) is 4.84. The number of carbonyl (C=O) groups excluding carboxylic acids is 1. The molecule has 1 aromatic rings. The summed E-state index contributed by atoms with van der Waals surface area (Å²) in [6, 6.07) is 5.75. The summed E-state index contributed by atoms with van der Waals surface area (Å²) in [6.07, 6.45) is 0.654. The number of hydrogen-bond donors (Lipinski definition) is 1. The molecule has 1 fully saturated rings. The van der Waals surface area contributed by atoms with Gasteiger partial charge in [0.2, 0.25) is 0 Å². The van der Waals surface area contributed by atoms with E-state index in [9.17, 15) is 9.90 Å². The lowest BCUT2D eigenvalue weighted by atomic mass is 10.1. The highest BCUT2D eigenvalue weighted by Gasteiger charge is 2.34. The van der Waals surface area contributed by atoms with Gasteiger partial charge in [-0.1, -0.05) is 12.1 Å². The van der Waals surface area contributed by atoms with Crippen LogP contribution in [0.15, 0.2) is 18.2 Å². The molecule has 0 spiro atoms. The Kier molecular flexibility index (Phi) is 3.45. The second-order valence-electron chi connectivity index (χ2n) is 4.91. The third-order valence-electron chi connectivity index (χ3n) is 3.16. The van der Waals surface area contributed by atoms with Gasteiger partial charge < -0.3 is 10.0 Å². The molecule has 0 aromatic heterocycles. The molecule has 1 N–H and O–H groups in total. The molecule has 1 saturated heterocycles. The van der Waals surface area contributed by atoms with E-state index in [1.807, 2.05) is 25.1 Å². The van der Waals surface area contributed by atoms with Crippen molar-refractivity contribution in [2.75, 3.05) is 13.1 Å². The van der Waals surface area contributed by atoms with Crippen molar-refractivity contribution in [3.8, 4) is 0 Å². The highest BCUT2D eigenvalue weighted by Crippen LogP contribution is 2.24. The van der Waals surface area contributed by atoms with Gasteiger partial charge in [-0.3, -0.25) is 4.79 Å². The maximum atomic E-state index is 12.3. The van der Waals surface area contributed by atoms with Crippen LogP contribution < -0.4 is 0 Å². The van der Waals surface area contributed by atoms with Gasteiger partial charge in [0, 0.05) is 16.7 Å². The van der Waals surface area contributed by atoms with Crippen molar-refractivity contribution in [1.29, 1.82) is 0 Å². The van der Waals surface area contributed by atoms with Gasteiger partial charge in [-0.2, -0.15) is 0 Å². The molecule has 2 rings (SSSR count). The predicted octanol–water partition coefficient (Wildman–Crippen LogP) is 2.20. The molecule has 0 saturated carbocycles. The van der Waals surface area contributed by atoms with Crippen molar-refractivity contribution in [2.45, 2.75) is 25.9 Å². The quantitative estimate of drug-likeness (QED) is 0.793. The van der Waals surface area contributed by atoms with Crippen LogP contribution in [0.3, 0.4) is 0 Å². The average Bonchev–Trinajstić information content (AvgIpc) is 2.62. The number of hydrogen-bond acceptors (Lipinski definition) is 2. The number of aryl methyl sites for hydroxylation is 1. The molecule has 0 aliphatic carbocycles. The smallest absolute Gasteiger partial charge is 0.255 e. The van der Waals surface area contributed by atoms with Crippen molar-refractivity contribution in [3.05, 3.63) is 32.9 Å². The molecule has 17 heavy (non-hydrogen) atoms. The Balaban J connectivity index is 2.24. The van der Waals surface area contributed by atoms with Crippen LogP contribution in [0, 0.1) is 10.5 Å². The van der Waals surface area contributed by atoms with E-state index in [1.54, 1.807) is 11.8 Å². The first-order valence-corrected chi connectivity index (χ1v) is 6.75. The highest BCUT2D eigenvalue weighted by atomic mass is 127. The van der Waals surface area contributed by atoms with Gasteiger partial charge in [-0.15, -0.1) is 0 Å². The summed E-state index contributed by atoms with van der Waals surface area (Å²) in [5, 5.41) is 9.89.